The van der Waals surface area contributed by atoms with Crippen molar-refractivity contribution in [2.24, 2.45) is 0 Å². The normalized spacial score (nSPS) is 10.8. The van der Waals surface area contributed by atoms with Crippen molar-refractivity contribution in [3.63, 3.8) is 0 Å². The Hall–Kier alpha value is -2.34. The zero-order chi connectivity index (χ0) is 15.4. The second-order valence-electron chi connectivity index (χ2n) is 5.00. The molecule has 6 heteroatoms. The van der Waals surface area contributed by atoms with Crippen LogP contribution in [0.15, 0.2) is 28.7 Å². The molecule has 2 N–H and O–H groups in total. The summed E-state index contributed by atoms with van der Waals surface area (Å²) < 4.78 is 5.20. The first-order valence-corrected chi connectivity index (χ1v) is 6.64. The SMILES string of the molecule is CN(C)C(=O)CCNCc1ccc2oc(C(=O)O)cc2c1. The highest BCUT2D eigenvalue weighted by Crippen LogP contribution is 2.20. The molecule has 0 radical (unpaired) electrons. The minimum absolute atomic E-state index is 0.0633. The number of nitrogens with one attached hydrogen (secondary N) is 1. The molecule has 0 saturated carbocycles. The van der Waals surface area contributed by atoms with Crippen LogP contribution in [-0.4, -0.2) is 42.5 Å². The number of nitrogens with zero attached hydrogens (tertiary/aromatic N) is 1. The Kier molecular flexibility index (Phi) is 4.59. The summed E-state index contributed by atoms with van der Waals surface area (Å²) in [5, 5.41) is 12.8. The summed E-state index contributed by atoms with van der Waals surface area (Å²) in [6.07, 6.45) is 0.449. The van der Waals surface area contributed by atoms with Crippen LogP contribution >= 0.6 is 0 Å². The van der Waals surface area contributed by atoms with Gasteiger partial charge in [-0.05, 0) is 23.8 Å². The maximum absolute atomic E-state index is 11.4. The van der Waals surface area contributed by atoms with Crippen LogP contribution < -0.4 is 5.32 Å². The first kappa shape index (κ1) is 15.1. The Bertz CT molecular complexity index is 661. The summed E-state index contributed by atoms with van der Waals surface area (Å²) in [6, 6.07) is 7.02. The van der Waals surface area contributed by atoms with E-state index in [0.29, 0.717) is 25.1 Å². The summed E-state index contributed by atoms with van der Waals surface area (Å²) >= 11 is 0. The molecule has 0 bridgehead atoms. The summed E-state index contributed by atoms with van der Waals surface area (Å²) in [5.41, 5.74) is 1.57. The third kappa shape index (κ3) is 3.82. The van der Waals surface area contributed by atoms with Crippen LogP contribution in [0.5, 0.6) is 0 Å². The smallest absolute Gasteiger partial charge is 0.371 e. The lowest BCUT2D eigenvalue weighted by Gasteiger charge is -2.10. The second kappa shape index (κ2) is 6.41. The Morgan fingerprint density at radius 2 is 2.05 bits per heavy atom. The van der Waals surface area contributed by atoms with E-state index >= 15 is 0 Å². The third-order valence-electron chi connectivity index (χ3n) is 3.14. The van der Waals surface area contributed by atoms with Crippen LogP contribution in [0.1, 0.15) is 22.5 Å². The molecule has 0 unspecified atom stereocenters. The van der Waals surface area contributed by atoms with Crippen LogP contribution in [0.25, 0.3) is 11.0 Å². The number of furan rings is 1. The van der Waals surface area contributed by atoms with Gasteiger partial charge >= 0.3 is 5.97 Å². The minimum Gasteiger partial charge on any atom is -0.475 e. The molecule has 1 amide bonds. The molecule has 0 aliphatic carbocycles. The molecule has 2 aromatic rings. The van der Waals surface area contributed by atoms with E-state index in [1.807, 2.05) is 12.1 Å². The van der Waals surface area contributed by atoms with Crippen molar-refractivity contribution in [1.29, 1.82) is 0 Å². The fourth-order valence-electron chi connectivity index (χ4n) is 1.96. The van der Waals surface area contributed by atoms with Gasteiger partial charge in [0.25, 0.3) is 0 Å². The zero-order valence-corrected chi connectivity index (χ0v) is 12.0. The Labute approximate surface area is 122 Å². The Morgan fingerprint density at radius 3 is 2.71 bits per heavy atom. The van der Waals surface area contributed by atoms with E-state index in [9.17, 15) is 9.59 Å². The number of carboxylic acids is 1. The molecular formula is C15H18N2O4. The first-order chi connectivity index (χ1) is 9.97. The molecule has 0 saturated heterocycles. The Balaban J connectivity index is 1.93. The van der Waals surface area contributed by atoms with Crippen molar-refractivity contribution >= 4 is 22.8 Å². The third-order valence-corrected chi connectivity index (χ3v) is 3.14. The van der Waals surface area contributed by atoms with Gasteiger partial charge < -0.3 is 19.7 Å². The zero-order valence-electron chi connectivity index (χ0n) is 12.0. The highest BCUT2D eigenvalue weighted by molar-refractivity contribution is 5.91. The number of benzene rings is 1. The minimum atomic E-state index is -1.08. The summed E-state index contributed by atoms with van der Waals surface area (Å²) in [4.78, 5) is 23.8. The average molecular weight is 290 g/mol. The van der Waals surface area contributed by atoms with Crippen molar-refractivity contribution in [1.82, 2.24) is 10.2 Å². The topological polar surface area (TPSA) is 82.8 Å². The fraction of sp³-hybridized carbons (Fsp3) is 0.333. The summed E-state index contributed by atoms with van der Waals surface area (Å²) in [5.74, 6) is -1.06. The van der Waals surface area contributed by atoms with Crippen LogP contribution in [0.3, 0.4) is 0 Å². The number of hydrogen-bond donors (Lipinski definition) is 2. The van der Waals surface area contributed by atoms with Crippen molar-refractivity contribution in [3.05, 3.63) is 35.6 Å². The predicted molar refractivity (Wildman–Crippen MR) is 78.2 cm³/mol. The maximum Gasteiger partial charge on any atom is 0.371 e. The van der Waals surface area contributed by atoms with Gasteiger partial charge in [0, 0.05) is 39.0 Å². The maximum atomic E-state index is 11.4. The lowest BCUT2D eigenvalue weighted by Crippen LogP contribution is -2.26. The Morgan fingerprint density at radius 1 is 1.29 bits per heavy atom. The number of fused-ring (bicyclic) bond motifs is 1. The predicted octanol–water partition coefficient (Wildman–Crippen LogP) is 1.70. The van der Waals surface area contributed by atoms with E-state index in [2.05, 4.69) is 5.32 Å². The summed E-state index contributed by atoms with van der Waals surface area (Å²) in [7, 11) is 3.46. The van der Waals surface area contributed by atoms with Crippen molar-refractivity contribution in [2.75, 3.05) is 20.6 Å². The van der Waals surface area contributed by atoms with Gasteiger partial charge in [-0.2, -0.15) is 0 Å². The fourth-order valence-corrected chi connectivity index (χ4v) is 1.96. The molecule has 0 spiro atoms. The van der Waals surface area contributed by atoms with E-state index in [4.69, 9.17) is 9.52 Å². The monoisotopic (exact) mass is 290 g/mol. The second-order valence-corrected chi connectivity index (χ2v) is 5.00. The van der Waals surface area contributed by atoms with Gasteiger partial charge in [0.1, 0.15) is 5.58 Å². The molecule has 1 heterocycles. The van der Waals surface area contributed by atoms with Gasteiger partial charge in [0.2, 0.25) is 11.7 Å². The molecule has 0 fully saturated rings. The van der Waals surface area contributed by atoms with Gasteiger partial charge in [0.05, 0.1) is 0 Å². The first-order valence-electron chi connectivity index (χ1n) is 6.64. The molecule has 1 aromatic heterocycles. The molecule has 2 rings (SSSR count). The van der Waals surface area contributed by atoms with Crippen LogP contribution in [0.4, 0.5) is 0 Å². The van der Waals surface area contributed by atoms with Gasteiger partial charge in [-0.1, -0.05) is 6.07 Å². The van der Waals surface area contributed by atoms with Crippen LogP contribution in [-0.2, 0) is 11.3 Å². The number of carboxylic acid groups (broad SMARTS) is 1. The van der Waals surface area contributed by atoms with Gasteiger partial charge in [0.15, 0.2) is 0 Å². The number of carbonyl (C=O) groups is 2. The van der Waals surface area contributed by atoms with E-state index in [1.54, 1.807) is 25.1 Å². The largest absolute Gasteiger partial charge is 0.475 e. The molecule has 1 aromatic carbocycles. The molecule has 0 aliphatic rings. The van der Waals surface area contributed by atoms with Crippen molar-refractivity contribution < 1.29 is 19.1 Å². The standard InChI is InChI=1S/C15H18N2O4/c1-17(2)14(18)5-6-16-9-10-3-4-12-11(7-10)8-13(21-12)15(19)20/h3-4,7-8,16H,5-6,9H2,1-2H3,(H,19,20). The average Bonchev–Trinajstić information content (AvgIpc) is 2.86. The molecular weight excluding hydrogens is 272 g/mol. The van der Waals surface area contributed by atoms with Crippen LogP contribution in [0, 0.1) is 0 Å². The number of carbonyl (C=O) groups excluding carboxylic acids is 1. The van der Waals surface area contributed by atoms with Gasteiger partial charge in [-0.3, -0.25) is 4.79 Å². The highest BCUT2D eigenvalue weighted by Gasteiger charge is 2.10. The van der Waals surface area contributed by atoms with Crippen molar-refractivity contribution in [2.45, 2.75) is 13.0 Å². The molecule has 112 valence electrons. The van der Waals surface area contributed by atoms with E-state index < -0.39 is 5.97 Å². The number of hydrogen-bond acceptors (Lipinski definition) is 4. The quantitative estimate of drug-likeness (QED) is 0.791. The number of amides is 1. The van der Waals surface area contributed by atoms with Crippen LogP contribution in [0.2, 0.25) is 0 Å². The van der Waals surface area contributed by atoms with Gasteiger partial charge in [-0.25, -0.2) is 4.79 Å². The molecule has 6 nitrogen and oxygen atoms in total. The van der Waals surface area contributed by atoms with Crippen molar-refractivity contribution in [3.8, 4) is 0 Å². The molecule has 0 aliphatic heterocycles. The highest BCUT2D eigenvalue weighted by atomic mass is 16.4. The molecule has 0 atom stereocenters. The lowest BCUT2D eigenvalue weighted by atomic mass is 10.1. The lowest BCUT2D eigenvalue weighted by molar-refractivity contribution is -0.128. The summed E-state index contributed by atoms with van der Waals surface area (Å²) in [6.45, 7) is 1.21. The van der Waals surface area contributed by atoms with E-state index in [-0.39, 0.29) is 11.7 Å². The van der Waals surface area contributed by atoms with E-state index in [0.717, 1.165) is 10.9 Å². The number of aromatic carboxylic acids is 1. The number of rotatable bonds is 6. The molecule has 21 heavy (non-hydrogen) atoms. The van der Waals surface area contributed by atoms with Gasteiger partial charge in [-0.15, -0.1) is 0 Å². The van der Waals surface area contributed by atoms with E-state index in [1.165, 1.54) is 6.07 Å².